The molecule has 2 atom stereocenters. The number of aromatic nitrogens is 2. The fourth-order valence-corrected chi connectivity index (χ4v) is 7.26. The molecule has 41 heavy (non-hydrogen) atoms. The van der Waals surface area contributed by atoms with Gasteiger partial charge in [-0.25, -0.2) is 4.98 Å². The largest absolute Gasteiger partial charge is 0.437 e. The lowest BCUT2D eigenvalue weighted by Crippen LogP contribution is -2.49. The van der Waals surface area contributed by atoms with Gasteiger partial charge in [-0.1, -0.05) is 43.0 Å². The summed E-state index contributed by atoms with van der Waals surface area (Å²) in [4.78, 5) is 7.01. The maximum absolute atomic E-state index is 6.52. The van der Waals surface area contributed by atoms with E-state index in [-0.39, 0.29) is 6.04 Å². The van der Waals surface area contributed by atoms with Gasteiger partial charge in [0.05, 0.1) is 6.42 Å². The Kier molecular flexibility index (Phi) is 5.93. The number of nitrogens with zero attached hydrogens (tertiary/aromatic N) is 3. The molecule has 2 aromatic carbocycles. The molecule has 4 nitrogen and oxygen atoms in total. The summed E-state index contributed by atoms with van der Waals surface area (Å²) in [7, 11) is 0. The second-order valence-corrected chi connectivity index (χ2v) is 12.1. The number of benzene rings is 2. The van der Waals surface area contributed by atoms with Gasteiger partial charge in [-0.05, 0) is 82.3 Å². The molecule has 0 amide bonds. The molecule has 7 rings (SSSR count). The Hall–Kier alpha value is -4.18. The zero-order valence-electron chi connectivity index (χ0n) is 24.8. The van der Waals surface area contributed by atoms with E-state index in [1.54, 1.807) is 0 Å². The minimum atomic E-state index is 0.275. The van der Waals surface area contributed by atoms with E-state index in [1.807, 2.05) is 6.92 Å². The predicted octanol–water partition coefficient (Wildman–Crippen LogP) is 8.65. The van der Waals surface area contributed by atoms with Crippen molar-refractivity contribution in [1.29, 1.82) is 0 Å². The van der Waals surface area contributed by atoms with Crippen molar-refractivity contribution in [3.8, 4) is 11.3 Å². The van der Waals surface area contributed by atoms with Crippen molar-refractivity contribution >= 4 is 27.8 Å². The SMILES string of the molecule is C=C1CC2C(CCc3ccc4c(oc5nc(C)ccc54)c3C(=C)N1CC)c1cc(C)ccc1-c1cc(C)c(C)c[n+]12. The summed E-state index contributed by atoms with van der Waals surface area (Å²) in [5.74, 6) is 0.356. The molecule has 0 radical (unpaired) electrons. The van der Waals surface area contributed by atoms with E-state index in [2.05, 4.69) is 105 Å². The second kappa shape index (κ2) is 9.44. The van der Waals surface area contributed by atoms with Gasteiger partial charge < -0.3 is 9.32 Å². The highest BCUT2D eigenvalue weighted by Crippen LogP contribution is 2.46. The summed E-state index contributed by atoms with van der Waals surface area (Å²) in [6.45, 7) is 21.0. The van der Waals surface area contributed by atoms with E-state index in [9.17, 15) is 0 Å². The average Bonchev–Trinajstić information content (AvgIpc) is 3.30. The van der Waals surface area contributed by atoms with E-state index < -0.39 is 0 Å². The molecule has 5 aromatic rings. The number of furan rings is 1. The molecule has 4 heteroatoms. The van der Waals surface area contributed by atoms with Crippen molar-refractivity contribution in [2.45, 2.75) is 65.8 Å². The van der Waals surface area contributed by atoms with Crippen molar-refractivity contribution < 1.29 is 8.98 Å². The van der Waals surface area contributed by atoms with Gasteiger partial charge in [-0.15, -0.1) is 0 Å². The highest BCUT2D eigenvalue weighted by Gasteiger charge is 2.42. The first-order valence-electron chi connectivity index (χ1n) is 14.8. The minimum Gasteiger partial charge on any atom is -0.437 e. The monoisotopic (exact) mass is 540 g/mol. The Morgan fingerprint density at radius 2 is 1.78 bits per heavy atom. The molecule has 0 saturated carbocycles. The third-order valence-electron chi connectivity index (χ3n) is 9.50. The molecule has 0 saturated heterocycles. The van der Waals surface area contributed by atoms with Gasteiger partial charge in [0.2, 0.25) is 11.4 Å². The van der Waals surface area contributed by atoms with Gasteiger partial charge in [0.25, 0.3) is 0 Å². The Labute approximate surface area is 242 Å². The number of allylic oxidation sites excluding steroid dienone is 1. The quantitative estimate of drug-likeness (QED) is 0.200. The van der Waals surface area contributed by atoms with Crippen LogP contribution in [0.2, 0.25) is 0 Å². The molecule has 206 valence electrons. The molecule has 0 aliphatic carbocycles. The molecule has 2 aliphatic heterocycles. The van der Waals surface area contributed by atoms with Crippen molar-refractivity contribution in [2.24, 2.45) is 0 Å². The van der Waals surface area contributed by atoms with Crippen LogP contribution in [0.25, 0.3) is 39.0 Å². The third-order valence-corrected chi connectivity index (χ3v) is 9.50. The number of rotatable bonds is 1. The third kappa shape index (κ3) is 3.95. The number of pyridine rings is 2. The van der Waals surface area contributed by atoms with E-state index in [0.717, 1.165) is 64.8 Å². The van der Waals surface area contributed by atoms with Crippen LogP contribution in [0, 0.1) is 27.7 Å². The molecular formula is C37H38N3O+. The highest BCUT2D eigenvalue weighted by atomic mass is 16.3. The van der Waals surface area contributed by atoms with Crippen LogP contribution >= 0.6 is 0 Å². The Bertz CT molecular complexity index is 1910. The maximum Gasteiger partial charge on any atom is 0.227 e. The summed E-state index contributed by atoms with van der Waals surface area (Å²) < 4.78 is 9.06. The summed E-state index contributed by atoms with van der Waals surface area (Å²) in [5.41, 5.74) is 15.0. The Morgan fingerprint density at radius 3 is 2.59 bits per heavy atom. The van der Waals surface area contributed by atoms with Crippen LogP contribution in [0.1, 0.15) is 70.8 Å². The minimum absolute atomic E-state index is 0.275. The maximum atomic E-state index is 6.52. The lowest BCUT2D eigenvalue weighted by atomic mass is 9.76. The van der Waals surface area contributed by atoms with Crippen LogP contribution in [0.15, 0.2) is 78.0 Å². The van der Waals surface area contributed by atoms with Gasteiger partial charge in [0, 0.05) is 63.1 Å². The first-order valence-corrected chi connectivity index (χ1v) is 14.8. The zero-order valence-corrected chi connectivity index (χ0v) is 24.8. The van der Waals surface area contributed by atoms with Crippen molar-refractivity contribution in [3.63, 3.8) is 0 Å². The fourth-order valence-electron chi connectivity index (χ4n) is 7.26. The van der Waals surface area contributed by atoms with E-state index in [0.29, 0.717) is 11.6 Å². The molecule has 0 N–H and O–H groups in total. The van der Waals surface area contributed by atoms with Gasteiger partial charge in [0.15, 0.2) is 12.2 Å². The fraction of sp³-hybridized carbons (Fsp3) is 0.297. The molecular weight excluding hydrogens is 502 g/mol. The molecule has 2 aliphatic rings. The van der Waals surface area contributed by atoms with Crippen molar-refractivity contribution in [2.75, 3.05) is 6.54 Å². The van der Waals surface area contributed by atoms with Crippen molar-refractivity contribution in [3.05, 3.63) is 113 Å². The molecule has 0 spiro atoms. The van der Waals surface area contributed by atoms with Gasteiger partial charge >= 0.3 is 0 Å². The summed E-state index contributed by atoms with van der Waals surface area (Å²) >= 11 is 0. The first kappa shape index (κ1) is 25.8. The first-order chi connectivity index (χ1) is 19.7. The van der Waals surface area contributed by atoms with Crippen molar-refractivity contribution in [1.82, 2.24) is 9.88 Å². The number of aryl methyl sites for hydroxylation is 5. The molecule has 3 aromatic heterocycles. The highest BCUT2D eigenvalue weighted by molar-refractivity contribution is 6.07. The van der Waals surface area contributed by atoms with Crippen LogP contribution in [0.5, 0.6) is 0 Å². The zero-order chi connectivity index (χ0) is 28.6. The lowest BCUT2D eigenvalue weighted by molar-refractivity contribution is -0.718. The van der Waals surface area contributed by atoms with Gasteiger partial charge in [0.1, 0.15) is 5.58 Å². The summed E-state index contributed by atoms with van der Waals surface area (Å²) in [6, 6.07) is 18.3. The topological polar surface area (TPSA) is 33.2 Å². The van der Waals surface area contributed by atoms with Crippen LogP contribution in [0.4, 0.5) is 0 Å². The Balaban J connectivity index is 1.45. The summed E-state index contributed by atoms with van der Waals surface area (Å²) in [6.07, 6.45) is 5.20. The number of hydrogen-bond acceptors (Lipinski definition) is 3. The predicted molar refractivity (Wildman–Crippen MR) is 168 cm³/mol. The second-order valence-electron chi connectivity index (χ2n) is 12.1. The van der Waals surface area contributed by atoms with E-state index in [1.165, 1.54) is 39.1 Å². The molecule has 0 fully saturated rings. The van der Waals surface area contributed by atoms with Crippen LogP contribution < -0.4 is 4.57 Å². The van der Waals surface area contributed by atoms with Crippen LogP contribution in [-0.4, -0.2) is 16.4 Å². The van der Waals surface area contributed by atoms with Crippen LogP contribution in [0.3, 0.4) is 0 Å². The van der Waals surface area contributed by atoms with E-state index in [4.69, 9.17) is 9.40 Å². The molecule has 0 bridgehead atoms. The van der Waals surface area contributed by atoms with Gasteiger partial charge in [-0.3, -0.25) is 0 Å². The van der Waals surface area contributed by atoms with Gasteiger partial charge in [-0.2, -0.15) is 4.57 Å². The number of fused-ring (bicyclic) bond motifs is 11. The van der Waals surface area contributed by atoms with E-state index >= 15 is 0 Å². The lowest BCUT2D eigenvalue weighted by Gasteiger charge is -2.36. The number of hydrogen-bond donors (Lipinski definition) is 0. The standard InChI is InChI=1S/C37H38N3O/c1-8-39-25(6)19-34-29(32-17-21(2)9-13-28(32)33-18-22(3)23(4)20-40(33)34)15-11-27-12-16-30-31-14-10-24(5)38-37(31)41-36(30)35(27)26(39)7/h9-10,12-14,16-18,20,29,34H,6-8,11,15,19H2,1-5H3/q+1. The summed E-state index contributed by atoms with van der Waals surface area (Å²) in [5, 5.41) is 2.15. The Morgan fingerprint density at radius 1 is 0.976 bits per heavy atom. The average molecular weight is 541 g/mol. The van der Waals surface area contributed by atoms with Crippen LogP contribution in [-0.2, 0) is 6.42 Å². The normalized spacial score (nSPS) is 18.7. The molecule has 5 heterocycles. The smallest absolute Gasteiger partial charge is 0.227 e. The molecule has 2 unspecified atom stereocenters.